The predicted octanol–water partition coefficient (Wildman–Crippen LogP) is 1.56. The van der Waals surface area contributed by atoms with Crippen LogP contribution < -0.4 is 14.8 Å². The Morgan fingerprint density at radius 3 is 2.40 bits per heavy atom. The van der Waals surface area contributed by atoms with Gasteiger partial charge in [-0.05, 0) is 25.1 Å². The van der Waals surface area contributed by atoms with Gasteiger partial charge in [0.05, 0.1) is 32.9 Å². The van der Waals surface area contributed by atoms with Crippen LogP contribution in [-0.2, 0) is 9.78 Å². The molecule has 1 rings (SSSR count). The van der Waals surface area contributed by atoms with Crippen molar-refractivity contribution in [2.45, 2.75) is 13.0 Å². The van der Waals surface area contributed by atoms with Crippen LogP contribution in [0.1, 0.15) is 17.3 Å². The Morgan fingerprint density at radius 2 is 1.85 bits per heavy atom. The van der Waals surface area contributed by atoms with E-state index in [0.717, 1.165) is 0 Å². The monoisotopic (exact) mass is 283 g/mol. The van der Waals surface area contributed by atoms with Crippen LogP contribution >= 0.6 is 0 Å². The van der Waals surface area contributed by atoms with Gasteiger partial charge in [0.15, 0.2) is 5.78 Å². The van der Waals surface area contributed by atoms with Gasteiger partial charge in [-0.25, -0.2) is 4.79 Å². The summed E-state index contributed by atoms with van der Waals surface area (Å²) in [6.45, 7) is 1.53. The topological polar surface area (TPSA) is 83.1 Å². The molecule has 0 saturated carbocycles. The van der Waals surface area contributed by atoms with E-state index in [4.69, 9.17) is 9.47 Å². The van der Waals surface area contributed by atoms with E-state index in [1.165, 1.54) is 28.3 Å². The zero-order valence-electron chi connectivity index (χ0n) is 11.8. The molecule has 0 bridgehead atoms. The molecule has 7 heteroatoms. The third kappa shape index (κ3) is 3.86. The van der Waals surface area contributed by atoms with Crippen molar-refractivity contribution in [2.24, 2.45) is 0 Å². The minimum atomic E-state index is -0.852. The number of ketones is 1. The second kappa shape index (κ2) is 7.34. The Morgan fingerprint density at radius 1 is 1.15 bits per heavy atom. The minimum Gasteiger partial charge on any atom is -0.497 e. The van der Waals surface area contributed by atoms with E-state index in [1.54, 1.807) is 18.2 Å². The fraction of sp³-hybridized carbons (Fsp3) is 0.385. The fourth-order valence-corrected chi connectivity index (χ4v) is 1.58. The fourth-order valence-electron chi connectivity index (χ4n) is 1.58. The van der Waals surface area contributed by atoms with Gasteiger partial charge >= 0.3 is 6.09 Å². The molecule has 0 heterocycles. The summed E-state index contributed by atoms with van der Waals surface area (Å²) in [5, 5.41) is 2.34. The van der Waals surface area contributed by atoms with E-state index in [-0.39, 0.29) is 5.78 Å². The van der Waals surface area contributed by atoms with Gasteiger partial charge in [-0.15, -0.1) is 0 Å². The summed E-state index contributed by atoms with van der Waals surface area (Å²) in [6.07, 6.45) is -0.852. The second-order valence-electron chi connectivity index (χ2n) is 3.83. The van der Waals surface area contributed by atoms with Gasteiger partial charge in [-0.1, -0.05) is 0 Å². The molecule has 20 heavy (non-hydrogen) atoms. The molecule has 1 aromatic carbocycles. The lowest BCUT2D eigenvalue weighted by Gasteiger charge is -2.14. The summed E-state index contributed by atoms with van der Waals surface area (Å²) >= 11 is 0. The smallest absolute Gasteiger partial charge is 0.439 e. The molecule has 7 nitrogen and oxygen atoms in total. The van der Waals surface area contributed by atoms with E-state index >= 15 is 0 Å². The van der Waals surface area contributed by atoms with Gasteiger partial charge in [-0.3, -0.25) is 9.68 Å². The molecule has 0 aliphatic carbocycles. The predicted molar refractivity (Wildman–Crippen MR) is 70.0 cm³/mol. The van der Waals surface area contributed by atoms with Crippen molar-refractivity contribution in [1.29, 1.82) is 0 Å². The number of nitrogens with one attached hydrogen (secondary N) is 1. The quantitative estimate of drug-likeness (QED) is 0.484. The first-order valence-corrected chi connectivity index (χ1v) is 5.80. The maximum absolute atomic E-state index is 12.3. The summed E-state index contributed by atoms with van der Waals surface area (Å²) in [6, 6.07) is 4.03. The lowest BCUT2D eigenvalue weighted by molar-refractivity contribution is -0.213. The molecule has 0 unspecified atom stereocenters. The number of amides is 1. The summed E-state index contributed by atoms with van der Waals surface area (Å²) in [4.78, 5) is 31.9. The second-order valence-corrected chi connectivity index (χ2v) is 3.83. The van der Waals surface area contributed by atoms with Gasteiger partial charge in [0.25, 0.3) is 0 Å². The minimum absolute atomic E-state index is 0.303. The number of rotatable bonds is 6. The van der Waals surface area contributed by atoms with Crippen LogP contribution in [0.5, 0.6) is 11.5 Å². The molecule has 0 aliphatic heterocycles. The van der Waals surface area contributed by atoms with E-state index < -0.39 is 12.1 Å². The van der Waals surface area contributed by atoms with E-state index in [2.05, 4.69) is 15.1 Å². The molecular weight excluding hydrogens is 266 g/mol. The Bertz CT molecular complexity index is 488. The largest absolute Gasteiger partial charge is 0.497 e. The van der Waals surface area contributed by atoms with E-state index in [9.17, 15) is 9.59 Å². The van der Waals surface area contributed by atoms with Crippen LogP contribution in [0.2, 0.25) is 0 Å². The maximum Gasteiger partial charge on any atom is 0.439 e. The summed E-state index contributed by atoms with van der Waals surface area (Å²) in [7, 11) is 4.14. The first-order chi connectivity index (χ1) is 9.53. The van der Waals surface area contributed by atoms with Crippen LogP contribution in [0.25, 0.3) is 0 Å². The summed E-state index contributed by atoms with van der Waals surface area (Å²) < 4.78 is 10.2. The third-order valence-corrected chi connectivity index (χ3v) is 2.56. The van der Waals surface area contributed by atoms with Crippen molar-refractivity contribution in [3.63, 3.8) is 0 Å². The molecule has 0 aromatic heterocycles. The van der Waals surface area contributed by atoms with Gasteiger partial charge in [0.1, 0.15) is 11.5 Å². The van der Waals surface area contributed by atoms with Crippen LogP contribution in [0.15, 0.2) is 18.2 Å². The summed E-state index contributed by atoms with van der Waals surface area (Å²) in [5.74, 6) is 0.569. The van der Waals surface area contributed by atoms with Crippen LogP contribution in [0.4, 0.5) is 4.79 Å². The molecule has 1 amide bonds. The molecule has 0 saturated heterocycles. The molecule has 0 spiro atoms. The molecule has 1 N–H and O–H groups in total. The number of carbonyl (C=O) groups is 2. The molecule has 0 radical (unpaired) electrons. The number of carbonyl (C=O) groups excluding carboxylic acids is 2. The highest BCUT2D eigenvalue weighted by molar-refractivity contribution is 6.03. The normalized spacial score (nSPS) is 11.4. The Hall–Kier alpha value is -2.28. The van der Waals surface area contributed by atoms with Gasteiger partial charge in [0.2, 0.25) is 0 Å². The SMILES string of the molecule is COOC(=O)N[C@@H](C)C(=O)c1cc(OC)ccc1OC. The first kappa shape index (κ1) is 15.8. The number of hydrogen-bond acceptors (Lipinski definition) is 6. The average Bonchev–Trinajstić information content (AvgIpc) is 2.45. The maximum atomic E-state index is 12.3. The van der Waals surface area contributed by atoms with Gasteiger partial charge < -0.3 is 14.8 Å². The Kier molecular flexibility index (Phi) is 5.79. The van der Waals surface area contributed by atoms with E-state index in [1.807, 2.05) is 0 Å². The van der Waals surface area contributed by atoms with Crippen molar-refractivity contribution in [1.82, 2.24) is 5.32 Å². The highest BCUT2D eigenvalue weighted by atomic mass is 17.2. The number of benzene rings is 1. The lowest BCUT2D eigenvalue weighted by atomic mass is 10.0. The van der Waals surface area contributed by atoms with Crippen molar-refractivity contribution in [2.75, 3.05) is 21.3 Å². The number of ether oxygens (including phenoxy) is 2. The van der Waals surface area contributed by atoms with Crippen LogP contribution in [0, 0.1) is 0 Å². The van der Waals surface area contributed by atoms with Crippen LogP contribution in [-0.4, -0.2) is 39.2 Å². The molecule has 0 aliphatic rings. The molecular formula is C13H17NO6. The Labute approximate surface area is 116 Å². The number of Topliss-reactive ketones (excluding diaryl/α,β-unsaturated/α-hetero) is 1. The van der Waals surface area contributed by atoms with Crippen molar-refractivity contribution in [3.05, 3.63) is 23.8 Å². The highest BCUT2D eigenvalue weighted by Crippen LogP contribution is 2.25. The van der Waals surface area contributed by atoms with Crippen molar-refractivity contribution < 1.29 is 28.8 Å². The highest BCUT2D eigenvalue weighted by Gasteiger charge is 2.22. The zero-order valence-corrected chi connectivity index (χ0v) is 11.8. The molecule has 0 fully saturated rings. The number of hydrogen-bond donors (Lipinski definition) is 1. The third-order valence-electron chi connectivity index (χ3n) is 2.56. The van der Waals surface area contributed by atoms with Crippen molar-refractivity contribution in [3.8, 4) is 11.5 Å². The average molecular weight is 283 g/mol. The summed E-state index contributed by atoms with van der Waals surface area (Å²) in [5.41, 5.74) is 0.303. The number of methoxy groups -OCH3 is 2. The zero-order chi connectivity index (χ0) is 15.1. The van der Waals surface area contributed by atoms with E-state index in [0.29, 0.717) is 17.1 Å². The lowest BCUT2D eigenvalue weighted by Crippen LogP contribution is -2.38. The van der Waals surface area contributed by atoms with Crippen LogP contribution in [0.3, 0.4) is 0 Å². The van der Waals surface area contributed by atoms with Gasteiger partial charge in [-0.2, -0.15) is 4.89 Å². The first-order valence-electron chi connectivity index (χ1n) is 5.80. The molecule has 1 atom stereocenters. The molecule has 110 valence electrons. The Balaban J connectivity index is 2.92. The van der Waals surface area contributed by atoms with Crippen molar-refractivity contribution >= 4 is 11.9 Å². The standard InChI is InChI=1S/C13H17NO6/c1-8(14-13(16)20-19-4)12(15)10-7-9(17-2)5-6-11(10)18-3/h5-8H,1-4H3,(H,14,16)/t8-/m0/s1. The van der Waals surface area contributed by atoms with Gasteiger partial charge in [0, 0.05) is 0 Å². The molecule has 1 aromatic rings.